The second-order valence-corrected chi connectivity index (χ2v) is 7.97. The van der Waals surface area contributed by atoms with Crippen LogP contribution in [0.15, 0.2) is 41.4 Å². The van der Waals surface area contributed by atoms with Crippen LogP contribution < -0.4 is 20.1 Å². The highest BCUT2D eigenvalue weighted by atomic mass is 16.5. The summed E-state index contributed by atoms with van der Waals surface area (Å²) in [5.74, 6) is 2.63. The lowest BCUT2D eigenvalue weighted by atomic mass is 10.1. The molecule has 0 aromatic heterocycles. The van der Waals surface area contributed by atoms with E-state index in [2.05, 4.69) is 77.9 Å². The summed E-state index contributed by atoms with van der Waals surface area (Å²) in [6.07, 6.45) is 1.15. The molecule has 2 N–H and O–H groups in total. The van der Waals surface area contributed by atoms with Crippen molar-refractivity contribution in [3.05, 3.63) is 58.7 Å². The molecule has 1 unspecified atom stereocenters. The molecule has 162 valence electrons. The van der Waals surface area contributed by atoms with Gasteiger partial charge in [0.05, 0.1) is 6.61 Å². The molecule has 1 heterocycles. The van der Waals surface area contributed by atoms with E-state index in [9.17, 15) is 0 Å². The zero-order valence-electron chi connectivity index (χ0n) is 18.8. The van der Waals surface area contributed by atoms with Crippen LogP contribution in [0.4, 0.5) is 0 Å². The third-order valence-corrected chi connectivity index (χ3v) is 5.00. The number of benzene rings is 2. The predicted molar refractivity (Wildman–Crippen MR) is 122 cm³/mol. The van der Waals surface area contributed by atoms with Crippen molar-refractivity contribution in [2.45, 2.75) is 46.0 Å². The average molecular weight is 411 g/mol. The minimum absolute atomic E-state index is 0.218. The summed E-state index contributed by atoms with van der Waals surface area (Å²) in [4.78, 5) is 6.53. The highest BCUT2D eigenvalue weighted by molar-refractivity contribution is 5.79. The van der Waals surface area contributed by atoms with Gasteiger partial charge < -0.3 is 25.0 Å². The molecule has 30 heavy (non-hydrogen) atoms. The molecule has 0 saturated heterocycles. The molecule has 0 radical (unpaired) electrons. The van der Waals surface area contributed by atoms with Gasteiger partial charge in [-0.05, 0) is 51.2 Å². The van der Waals surface area contributed by atoms with E-state index in [0.29, 0.717) is 19.7 Å². The van der Waals surface area contributed by atoms with Crippen LogP contribution in [0.25, 0.3) is 0 Å². The molecule has 0 spiro atoms. The summed E-state index contributed by atoms with van der Waals surface area (Å²) in [5.41, 5.74) is 4.82. The van der Waals surface area contributed by atoms with Crippen molar-refractivity contribution in [1.29, 1.82) is 0 Å². The molecule has 6 nitrogen and oxygen atoms in total. The number of aliphatic imine (C=N–C) groups is 1. The molecule has 6 heteroatoms. The van der Waals surface area contributed by atoms with Crippen LogP contribution in [0.3, 0.4) is 0 Å². The van der Waals surface area contributed by atoms with Crippen molar-refractivity contribution < 1.29 is 9.47 Å². The fourth-order valence-electron chi connectivity index (χ4n) is 3.70. The Bertz CT molecular complexity index is 880. The lowest BCUT2D eigenvalue weighted by Gasteiger charge is -2.16. The van der Waals surface area contributed by atoms with Crippen LogP contribution in [0.5, 0.6) is 11.5 Å². The molecule has 0 aliphatic carbocycles. The number of hydrogen-bond acceptors (Lipinski definition) is 4. The maximum absolute atomic E-state index is 5.92. The Morgan fingerprint density at radius 1 is 1.17 bits per heavy atom. The first-order valence-electron chi connectivity index (χ1n) is 10.6. The minimum Gasteiger partial charge on any atom is -0.494 e. The Morgan fingerprint density at radius 2 is 1.93 bits per heavy atom. The highest BCUT2D eigenvalue weighted by Crippen LogP contribution is 2.35. The van der Waals surface area contributed by atoms with Gasteiger partial charge in [-0.15, -0.1) is 0 Å². The molecular weight excluding hydrogens is 376 g/mol. The lowest BCUT2D eigenvalue weighted by molar-refractivity contribution is 0.254. The number of hydrogen-bond donors (Lipinski definition) is 2. The first-order chi connectivity index (χ1) is 14.5. The van der Waals surface area contributed by atoms with Gasteiger partial charge in [0.2, 0.25) is 0 Å². The lowest BCUT2D eigenvalue weighted by Crippen LogP contribution is -2.36. The van der Waals surface area contributed by atoms with E-state index >= 15 is 0 Å². The van der Waals surface area contributed by atoms with Gasteiger partial charge in [0, 0.05) is 44.2 Å². The van der Waals surface area contributed by atoms with E-state index < -0.39 is 0 Å². The fraction of sp³-hybridized carbons (Fsp3) is 0.458. The van der Waals surface area contributed by atoms with E-state index in [1.807, 2.05) is 6.92 Å². The number of ether oxygens (including phenoxy) is 2. The molecule has 0 bridgehead atoms. The first-order valence-corrected chi connectivity index (χ1v) is 10.6. The quantitative estimate of drug-likeness (QED) is 0.516. The number of nitrogens with one attached hydrogen (secondary N) is 2. The van der Waals surface area contributed by atoms with Gasteiger partial charge in [-0.2, -0.15) is 0 Å². The van der Waals surface area contributed by atoms with Crippen LogP contribution in [0.1, 0.15) is 36.1 Å². The molecule has 2 aromatic carbocycles. The normalized spacial score (nSPS) is 15.7. The molecule has 0 amide bonds. The maximum atomic E-state index is 5.92. The maximum Gasteiger partial charge on any atom is 0.191 e. The molecule has 1 aliphatic heterocycles. The minimum atomic E-state index is 0.218. The van der Waals surface area contributed by atoms with Crippen molar-refractivity contribution in [3.63, 3.8) is 0 Å². The molecule has 1 aliphatic rings. The van der Waals surface area contributed by atoms with E-state index in [4.69, 9.17) is 9.47 Å². The summed E-state index contributed by atoms with van der Waals surface area (Å²) in [5, 5.41) is 6.80. The molecule has 2 aromatic rings. The summed E-state index contributed by atoms with van der Waals surface area (Å²) >= 11 is 0. The standard InChI is InChI=1S/C24H34N4O2/c1-6-29-22-12-20-10-17(2)30-23(20)13-21(22)15-27-24(25-3)26-14-18-8-7-9-19(11-18)16-28(4)5/h7-9,11-13,17H,6,10,14-16H2,1-5H3,(H2,25,26,27). The van der Waals surface area contributed by atoms with Gasteiger partial charge in [-0.1, -0.05) is 24.3 Å². The number of guanidine groups is 1. The summed E-state index contributed by atoms with van der Waals surface area (Å²) in [6.45, 7) is 7.00. The largest absolute Gasteiger partial charge is 0.494 e. The summed E-state index contributed by atoms with van der Waals surface area (Å²) in [6, 6.07) is 12.8. The predicted octanol–water partition coefficient (Wildman–Crippen LogP) is 3.34. The Kier molecular flexibility index (Phi) is 7.57. The molecule has 0 fully saturated rings. The van der Waals surface area contributed by atoms with Crippen LogP contribution in [-0.2, 0) is 26.1 Å². The van der Waals surface area contributed by atoms with E-state index in [1.165, 1.54) is 16.7 Å². The van der Waals surface area contributed by atoms with Gasteiger partial charge in [-0.25, -0.2) is 0 Å². The van der Waals surface area contributed by atoms with E-state index in [0.717, 1.165) is 36.0 Å². The Hall–Kier alpha value is -2.73. The van der Waals surface area contributed by atoms with Crippen molar-refractivity contribution in [2.75, 3.05) is 27.7 Å². The SMILES string of the molecule is CCOc1cc2c(cc1CNC(=NC)NCc1cccc(CN(C)C)c1)OC(C)C2. The van der Waals surface area contributed by atoms with E-state index in [-0.39, 0.29) is 6.10 Å². The monoisotopic (exact) mass is 410 g/mol. The fourth-order valence-corrected chi connectivity index (χ4v) is 3.70. The van der Waals surface area contributed by atoms with Crippen molar-refractivity contribution >= 4 is 5.96 Å². The van der Waals surface area contributed by atoms with E-state index in [1.54, 1.807) is 7.05 Å². The zero-order chi connectivity index (χ0) is 21.5. The Morgan fingerprint density at radius 3 is 2.67 bits per heavy atom. The second kappa shape index (κ2) is 10.3. The van der Waals surface area contributed by atoms with Gasteiger partial charge >= 0.3 is 0 Å². The van der Waals surface area contributed by atoms with Crippen LogP contribution in [-0.4, -0.2) is 44.7 Å². The van der Waals surface area contributed by atoms with Gasteiger partial charge in [0.15, 0.2) is 5.96 Å². The summed E-state index contributed by atoms with van der Waals surface area (Å²) < 4.78 is 11.8. The third kappa shape index (κ3) is 5.89. The van der Waals surface area contributed by atoms with Gasteiger partial charge in [-0.3, -0.25) is 4.99 Å². The zero-order valence-corrected chi connectivity index (χ0v) is 18.8. The smallest absolute Gasteiger partial charge is 0.191 e. The van der Waals surface area contributed by atoms with Crippen LogP contribution >= 0.6 is 0 Å². The number of nitrogens with zero attached hydrogens (tertiary/aromatic N) is 2. The van der Waals surface area contributed by atoms with Crippen molar-refractivity contribution in [2.24, 2.45) is 4.99 Å². The highest BCUT2D eigenvalue weighted by Gasteiger charge is 2.21. The molecule has 3 rings (SSSR count). The van der Waals surface area contributed by atoms with Gasteiger partial charge in [0.1, 0.15) is 17.6 Å². The topological polar surface area (TPSA) is 58.1 Å². The van der Waals surface area contributed by atoms with Crippen LogP contribution in [0.2, 0.25) is 0 Å². The van der Waals surface area contributed by atoms with Crippen LogP contribution in [0, 0.1) is 0 Å². The number of rotatable bonds is 8. The van der Waals surface area contributed by atoms with Crippen molar-refractivity contribution in [3.8, 4) is 11.5 Å². The molecular formula is C24H34N4O2. The van der Waals surface area contributed by atoms with Crippen molar-refractivity contribution in [1.82, 2.24) is 15.5 Å². The second-order valence-electron chi connectivity index (χ2n) is 7.97. The molecule has 0 saturated carbocycles. The Labute approximate surface area is 180 Å². The summed E-state index contributed by atoms with van der Waals surface area (Å²) in [7, 11) is 5.95. The number of fused-ring (bicyclic) bond motifs is 1. The third-order valence-electron chi connectivity index (χ3n) is 5.00. The Balaban J connectivity index is 1.61. The molecule has 1 atom stereocenters. The first kappa shape index (κ1) is 22.0. The average Bonchev–Trinajstić information content (AvgIpc) is 3.07. The van der Waals surface area contributed by atoms with Gasteiger partial charge in [0.25, 0.3) is 0 Å².